The lowest BCUT2D eigenvalue weighted by molar-refractivity contribution is -0.384. The van der Waals surface area contributed by atoms with Gasteiger partial charge in [-0.25, -0.2) is 13.1 Å². The van der Waals surface area contributed by atoms with Crippen LogP contribution in [0.15, 0.2) is 29.2 Å². The third-order valence-corrected chi connectivity index (χ3v) is 3.69. The number of nitro benzene ring substituents is 1. The van der Waals surface area contributed by atoms with E-state index in [1.807, 2.05) is 19.0 Å². The van der Waals surface area contributed by atoms with Crippen LogP contribution in [0.4, 0.5) is 5.69 Å². The van der Waals surface area contributed by atoms with E-state index >= 15 is 0 Å². The van der Waals surface area contributed by atoms with Gasteiger partial charge in [0.25, 0.3) is 5.69 Å². The third-order valence-electron chi connectivity index (χ3n) is 2.21. The molecule has 0 saturated heterocycles. The topological polar surface area (TPSA) is 92.6 Å². The lowest BCUT2D eigenvalue weighted by Gasteiger charge is -2.10. The van der Waals surface area contributed by atoms with Gasteiger partial charge in [0.1, 0.15) is 0 Å². The number of nitro groups is 1. The van der Waals surface area contributed by atoms with Crippen molar-refractivity contribution in [1.29, 1.82) is 0 Å². The fraction of sp³-hybridized carbons (Fsp3) is 0.400. The first kappa shape index (κ1) is 14.6. The Labute approximate surface area is 106 Å². The number of sulfonamides is 1. The van der Waals surface area contributed by atoms with Crippen molar-refractivity contribution in [1.82, 2.24) is 9.62 Å². The van der Waals surface area contributed by atoms with Crippen molar-refractivity contribution < 1.29 is 13.3 Å². The largest absolute Gasteiger partial charge is 0.308 e. The highest BCUT2D eigenvalue weighted by atomic mass is 32.2. The van der Waals surface area contributed by atoms with Crippen LogP contribution in [0.5, 0.6) is 0 Å². The molecule has 7 nitrogen and oxygen atoms in total. The van der Waals surface area contributed by atoms with Gasteiger partial charge in [-0.15, -0.1) is 0 Å². The molecule has 0 aliphatic heterocycles. The lowest BCUT2D eigenvalue weighted by atomic mass is 10.3. The maximum atomic E-state index is 11.8. The normalized spacial score (nSPS) is 11.7. The van der Waals surface area contributed by atoms with E-state index in [1.54, 1.807) is 0 Å². The summed E-state index contributed by atoms with van der Waals surface area (Å²) in [6.07, 6.45) is 0. The van der Waals surface area contributed by atoms with Gasteiger partial charge in [0.15, 0.2) is 0 Å². The van der Waals surface area contributed by atoms with E-state index in [2.05, 4.69) is 4.72 Å². The molecule has 1 N–H and O–H groups in total. The van der Waals surface area contributed by atoms with E-state index in [0.717, 1.165) is 0 Å². The molecular weight excluding hydrogens is 258 g/mol. The summed E-state index contributed by atoms with van der Waals surface area (Å²) in [5.41, 5.74) is -0.137. The molecule has 8 heteroatoms. The van der Waals surface area contributed by atoms with Gasteiger partial charge in [0.05, 0.1) is 9.82 Å². The minimum Gasteiger partial charge on any atom is -0.308 e. The van der Waals surface area contributed by atoms with Gasteiger partial charge >= 0.3 is 0 Å². The standard InChI is InChI=1S/C10H15N3O4S/c1-12(2)8-7-11-18(16,17)10-5-3-9(4-6-10)13(14)15/h3-6,11H,7-8H2,1-2H3. The van der Waals surface area contributed by atoms with Crippen molar-refractivity contribution in [3.8, 4) is 0 Å². The molecule has 0 heterocycles. The quantitative estimate of drug-likeness (QED) is 0.599. The average Bonchev–Trinajstić information content (AvgIpc) is 2.28. The highest BCUT2D eigenvalue weighted by Crippen LogP contribution is 2.15. The summed E-state index contributed by atoms with van der Waals surface area (Å²) >= 11 is 0. The van der Waals surface area contributed by atoms with Crippen LogP contribution in [0.3, 0.4) is 0 Å². The summed E-state index contributed by atoms with van der Waals surface area (Å²) in [7, 11) is 0.0693. The number of rotatable bonds is 6. The molecule has 0 saturated carbocycles. The van der Waals surface area contributed by atoms with E-state index in [0.29, 0.717) is 6.54 Å². The SMILES string of the molecule is CN(C)CCNS(=O)(=O)c1ccc([N+](=O)[O-])cc1. The Morgan fingerprint density at radius 2 is 1.83 bits per heavy atom. The molecular formula is C10H15N3O4S. The van der Waals surface area contributed by atoms with Crippen LogP contribution in [0.1, 0.15) is 0 Å². The van der Waals surface area contributed by atoms with Crippen LogP contribution in [0, 0.1) is 10.1 Å². The summed E-state index contributed by atoms with van der Waals surface area (Å²) < 4.78 is 26.0. The molecule has 0 atom stereocenters. The third kappa shape index (κ3) is 4.06. The summed E-state index contributed by atoms with van der Waals surface area (Å²) in [6, 6.07) is 4.77. The lowest BCUT2D eigenvalue weighted by Crippen LogP contribution is -2.31. The van der Waals surface area contributed by atoms with Crippen molar-refractivity contribution >= 4 is 15.7 Å². The predicted octanol–water partition coefficient (Wildman–Crippen LogP) is 0.435. The Balaban J connectivity index is 2.76. The van der Waals surface area contributed by atoms with Gasteiger partial charge in [0.2, 0.25) is 10.0 Å². The first-order valence-corrected chi connectivity index (χ1v) is 6.70. The number of hydrogen-bond acceptors (Lipinski definition) is 5. The van der Waals surface area contributed by atoms with Crippen LogP contribution in [-0.2, 0) is 10.0 Å². The summed E-state index contributed by atoms with van der Waals surface area (Å²) in [5, 5.41) is 10.4. The molecule has 0 bridgehead atoms. The van der Waals surface area contributed by atoms with Gasteiger partial charge in [-0.2, -0.15) is 0 Å². The first-order chi connectivity index (χ1) is 8.33. The second kappa shape index (κ2) is 5.89. The molecule has 1 rings (SSSR count). The van der Waals surface area contributed by atoms with Crippen LogP contribution < -0.4 is 4.72 Å². The van der Waals surface area contributed by atoms with Gasteiger partial charge < -0.3 is 4.90 Å². The van der Waals surface area contributed by atoms with E-state index < -0.39 is 14.9 Å². The Bertz CT molecular complexity index is 510. The molecule has 0 amide bonds. The highest BCUT2D eigenvalue weighted by Gasteiger charge is 2.15. The number of likely N-dealkylation sites (N-methyl/N-ethyl adjacent to an activating group) is 1. The minimum atomic E-state index is -3.60. The molecule has 1 aromatic carbocycles. The van der Waals surface area contributed by atoms with Gasteiger partial charge in [-0.1, -0.05) is 0 Å². The van der Waals surface area contributed by atoms with E-state index in [9.17, 15) is 18.5 Å². The van der Waals surface area contributed by atoms with Gasteiger partial charge in [0, 0.05) is 25.2 Å². The van der Waals surface area contributed by atoms with E-state index in [1.165, 1.54) is 24.3 Å². The highest BCUT2D eigenvalue weighted by molar-refractivity contribution is 7.89. The molecule has 100 valence electrons. The first-order valence-electron chi connectivity index (χ1n) is 5.22. The van der Waals surface area contributed by atoms with Crippen molar-refractivity contribution in [2.75, 3.05) is 27.2 Å². The van der Waals surface area contributed by atoms with E-state index in [-0.39, 0.29) is 17.1 Å². The number of nitrogens with one attached hydrogen (secondary N) is 1. The van der Waals surface area contributed by atoms with Crippen LogP contribution >= 0.6 is 0 Å². The summed E-state index contributed by atoms with van der Waals surface area (Å²) in [5.74, 6) is 0. The molecule has 0 aromatic heterocycles. The summed E-state index contributed by atoms with van der Waals surface area (Å²) in [6.45, 7) is 0.860. The second-order valence-corrected chi connectivity index (χ2v) is 5.72. The maximum absolute atomic E-state index is 11.8. The molecule has 0 fully saturated rings. The molecule has 18 heavy (non-hydrogen) atoms. The average molecular weight is 273 g/mol. The molecule has 0 aliphatic carbocycles. The Morgan fingerprint density at radius 1 is 1.28 bits per heavy atom. The Hall–Kier alpha value is -1.51. The van der Waals surface area contributed by atoms with Crippen molar-refractivity contribution in [3.63, 3.8) is 0 Å². The zero-order valence-corrected chi connectivity index (χ0v) is 11.0. The van der Waals surface area contributed by atoms with Crippen LogP contribution in [-0.4, -0.2) is 45.4 Å². The summed E-state index contributed by atoms with van der Waals surface area (Å²) in [4.78, 5) is 11.7. The molecule has 0 aliphatic rings. The fourth-order valence-corrected chi connectivity index (χ4v) is 2.26. The van der Waals surface area contributed by atoms with Crippen LogP contribution in [0.25, 0.3) is 0 Å². The molecule has 0 radical (unpaired) electrons. The smallest absolute Gasteiger partial charge is 0.269 e. The number of benzene rings is 1. The fourth-order valence-electron chi connectivity index (χ4n) is 1.23. The zero-order chi connectivity index (χ0) is 13.8. The number of non-ortho nitro benzene ring substituents is 1. The number of hydrogen-bond donors (Lipinski definition) is 1. The number of nitrogens with zero attached hydrogens (tertiary/aromatic N) is 2. The Kier molecular flexibility index (Phi) is 4.76. The van der Waals surface area contributed by atoms with E-state index in [4.69, 9.17) is 0 Å². The van der Waals surface area contributed by atoms with Gasteiger partial charge in [-0.05, 0) is 26.2 Å². The minimum absolute atomic E-state index is 0.0202. The zero-order valence-electron chi connectivity index (χ0n) is 10.2. The van der Waals surface area contributed by atoms with Crippen molar-refractivity contribution in [2.24, 2.45) is 0 Å². The maximum Gasteiger partial charge on any atom is 0.269 e. The van der Waals surface area contributed by atoms with Crippen LogP contribution in [0.2, 0.25) is 0 Å². The second-order valence-electron chi connectivity index (χ2n) is 3.95. The monoisotopic (exact) mass is 273 g/mol. The van der Waals surface area contributed by atoms with Crippen molar-refractivity contribution in [3.05, 3.63) is 34.4 Å². The molecule has 0 spiro atoms. The predicted molar refractivity (Wildman–Crippen MR) is 66.8 cm³/mol. The van der Waals surface area contributed by atoms with Crippen molar-refractivity contribution in [2.45, 2.75) is 4.90 Å². The molecule has 1 aromatic rings. The van der Waals surface area contributed by atoms with Gasteiger partial charge in [-0.3, -0.25) is 10.1 Å². The Morgan fingerprint density at radius 3 is 2.28 bits per heavy atom. The molecule has 0 unspecified atom stereocenters.